The van der Waals surface area contributed by atoms with Crippen LogP contribution in [0, 0.1) is 33.1 Å². The van der Waals surface area contributed by atoms with Gasteiger partial charge in [-0.3, -0.25) is 0 Å². The van der Waals surface area contributed by atoms with Crippen LogP contribution in [0.4, 0.5) is 0 Å². The van der Waals surface area contributed by atoms with Crippen molar-refractivity contribution in [3.63, 3.8) is 0 Å². The minimum absolute atomic E-state index is 0. The van der Waals surface area contributed by atoms with Crippen molar-refractivity contribution in [2.75, 3.05) is 0 Å². The summed E-state index contributed by atoms with van der Waals surface area (Å²) < 4.78 is 0. The van der Waals surface area contributed by atoms with Crippen molar-refractivity contribution in [3.05, 3.63) is 27.2 Å². The minimum atomic E-state index is 0. The fourth-order valence-electron chi connectivity index (χ4n) is 0.628. The van der Waals surface area contributed by atoms with Gasteiger partial charge in [-0.25, -0.2) is 0 Å². The van der Waals surface area contributed by atoms with Crippen LogP contribution in [-0.2, 0) is 16.5 Å². The van der Waals surface area contributed by atoms with Gasteiger partial charge in [0.1, 0.15) is 0 Å². The van der Waals surface area contributed by atoms with Gasteiger partial charge in [0.15, 0.2) is 0 Å². The van der Waals surface area contributed by atoms with E-state index in [4.69, 9.17) is 0 Å². The van der Waals surface area contributed by atoms with Gasteiger partial charge >= 0.3 is 0 Å². The third-order valence-electron chi connectivity index (χ3n) is 1.45. The standard InChI is InChI=1S/C7H14.C5H10.Ni/c1-4-5-6-7(2)3;1-3-5-4-2;/h4,7H,2,5-6H2,1,3H3;1-5H2;/q2*-2;. The third-order valence-corrected chi connectivity index (χ3v) is 1.45. The average molecular weight is 227 g/mol. The number of hydrogen-bond acceptors (Lipinski definition) is 0. The molecule has 0 aliphatic heterocycles. The zero-order valence-corrected chi connectivity index (χ0v) is 10.1. The van der Waals surface area contributed by atoms with Gasteiger partial charge in [-0.15, -0.1) is 12.8 Å². The Kier molecular flexibility index (Phi) is 26.9. The molecule has 0 saturated heterocycles. The van der Waals surface area contributed by atoms with Crippen molar-refractivity contribution in [2.24, 2.45) is 5.92 Å². The van der Waals surface area contributed by atoms with Crippen molar-refractivity contribution >= 4 is 0 Å². The molecule has 0 bridgehead atoms. The van der Waals surface area contributed by atoms with Crippen LogP contribution in [0.2, 0.25) is 0 Å². The number of unbranched alkanes of at least 4 members (excludes halogenated alkanes) is 3. The molecule has 0 heterocycles. The van der Waals surface area contributed by atoms with Crippen LogP contribution in [0.1, 0.15) is 46.0 Å². The van der Waals surface area contributed by atoms with E-state index in [1.165, 1.54) is 19.3 Å². The smallest absolute Gasteiger partial charge is 0 e. The molecule has 0 nitrogen and oxygen atoms in total. The van der Waals surface area contributed by atoms with Crippen molar-refractivity contribution in [3.8, 4) is 0 Å². The Bertz CT molecular complexity index is 58.1. The van der Waals surface area contributed by atoms with E-state index in [0.29, 0.717) is 5.92 Å². The van der Waals surface area contributed by atoms with E-state index in [0.717, 1.165) is 12.8 Å². The molecule has 0 rings (SSSR count). The summed E-state index contributed by atoms with van der Waals surface area (Å²) in [5.41, 5.74) is 0. The molecule has 0 aromatic carbocycles. The monoisotopic (exact) mass is 226 g/mol. The Labute approximate surface area is 95.8 Å². The van der Waals surface area contributed by atoms with E-state index in [-0.39, 0.29) is 16.5 Å². The summed E-state index contributed by atoms with van der Waals surface area (Å²) in [5.74, 6) is 0.621. The first-order valence-electron chi connectivity index (χ1n) is 4.88. The predicted molar refractivity (Wildman–Crippen MR) is 58.3 cm³/mol. The maximum Gasteiger partial charge on any atom is 0 e. The largest absolute Gasteiger partial charge is 0.343 e. The average Bonchev–Trinajstić information content (AvgIpc) is 2.03. The molecule has 0 saturated carbocycles. The molecule has 13 heavy (non-hydrogen) atoms. The van der Waals surface area contributed by atoms with Crippen molar-refractivity contribution in [1.29, 1.82) is 0 Å². The molecule has 1 atom stereocenters. The molecule has 0 N–H and O–H groups in total. The Morgan fingerprint density at radius 1 is 1.23 bits per heavy atom. The van der Waals surface area contributed by atoms with Gasteiger partial charge < -0.3 is 27.2 Å². The van der Waals surface area contributed by atoms with Crippen molar-refractivity contribution in [1.82, 2.24) is 0 Å². The van der Waals surface area contributed by atoms with Gasteiger partial charge in [0.25, 0.3) is 0 Å². The molecule has 0 aliphatic carbocycles. The van der Waals surface area contributed by atoms with Crippen LogP contribution in [0.3, 0.4) is 0 Å². The molecule has 0 aliphatic rings. The topological polar surface area (TPSA) is 0 Å². The zero-order valence-electron chi connectivity index (χ0n) is 9.13. The van der Waals surface area contributed by atoms with E-state index >= 15 is 0 Å². The first kappa shape index (κ1) is 19.1. The second-order valence-electron chi connectivity index (χ2n) is 3.15. The summed E-state index contributed by atoms with van der Waals surface area (Å²) >= 11 is 0. The second kappa shape index (κ2) is 18.3. The molecular formula is C12H24Ni-4. The van der Waals surface area contributed by atoms with Gasteiger partial charge in [0.2, 0.25) is 0 Å². The fourth-order valence-corrected chi connectivity index (χ4v) is 0.628. The van der Waals surface area contributed by atoms with Gasteiger partial charge in [0, 0.05) is 16.5 Å². The summed E-state index contributed by atoms with van der Waals surface area (Å²) in [6.45, 7) is 15.4. The van der Waals surface area contributed by atoms with E-state index < -0.39 is 0 Å². The maximum atomic E-state index is 3.86. The molecular weight excluding hydrogens is 203 g/mol. The normalized spacial score (nSPS) is 10.8. The quantitative estimate of drug-likeness (QED) is 0.485. The third kappa shape index (κ3) is 32.6. The maximum absolute atomic E-state index is 3.86. The Morgan fingerprint density at radius 2 is 1.69 bits per heavy atom. The van der Waals surface area contributed by atoms with Crippen LogP contribution in [-0.4, -0.2) is 0 Å². The Morgan fingerprint density at radius 3 is 1.77 bits per heavy atom. The zero-order chi connectivity index (χ0) is 9.82. The summed E-state index contributed by atoms with van der Waals surface area (Å²) in [7, 11) is 0. The molecule has 0 fully saturated rings. The minimum Gasteiger partial charge on any atom is -0.343 e. The fraction of sp³-hybridized carbons (Fsp3) is 0.667. The van der Waals surface area contributed by atoms with Crippen LogP contribution in [0.5, 0.6) is 0 Å². The number of rotatable bonds is 5. The summed E-state index contributed by atoms with van der Waals surface area (Å²) in [6, 6.07) is 0. The second-order valence-corrected chi connectivity index (χ2v) is 3.15. The molecule has 1 unspecified atom stereocenters. The van der Waals surface area contributed by atoms with Crippen molar-refractivity contribution < 1.29 is 16.5 Å². The first-order valence-corrected chi connectivity index (χ1v) is 4.88. The predicted octanol–water partition coefficient (Wildman–Crippen LogP) is 4.28. The first-order chi connectivity index (χ1) is 5.68. The van der Waals surface area contributed by atoms with Gasteiger partial charge in [0.05, 0.1) is 0 Å². The van der Waals surface area contributed by atoms with E-state index in [1.807, 2.05) is 0 Å². The van der Waals surface area contributed by atoms with E-state index in [1.54, 1.807) is 0 Å². The SMILES string of the molecule is [CH2-]C(C)CC[CH-]C.[CH2-]CCC[CH2-].[Ni]. The summed E-state index contributed by atoms with van der Waals surface area (Å²) in [6.07, 6.45) is 7.86. The van der Waals surface area contributed by atoms with E-state index in [2.05, 4.69) is 41.0 Å². The van der Waals surface area contributed by atoms with E-state index in [9.17, 15) is 0 Å². The molecule has 0 radical (unpaired) electrons. The number of hydrogen-bond donors (Lipinski definition) is 0. The molecule has 0 aromatic rings. The molecule has 86 valence electrons. The van der Waals surface area contributed by atoms with Crippen LogP contribution in [0.15, 0.2) is 0 Å². The van der Waals surface area contributed by atoms with Gasteiger partial charge in [-0.1, -0.05) is 6.92 Å². The van der Waals surface area contributed by atoms with Crippen LogP contribution >= 0.6 is 0 Å². The van der Waals surface area contributed by atoms with Crippen LogP contribution in [0.25, 0.3) is 0 Å². The molecule has 0 spiro atoms. The molecule has 0 amide bonds. The molecule has 0 aromatic heterocycles. The van der Waals surface area contributed by atoms with Crippen molar-refractivity contribution in [2.45, 2.75) is 46.0 Å². The van der Waals surface area contributed by atoms with Crippen LogP contribution < -0.4 is 0 Å². The Hall–Kier alpha value is 0.494. The summed E-state index contributed by atoms with van der Waals surface area (Å²) in [5, 5.41) is 0. The van der Waals surface area contributed by atoms with Gasteiger partial charge in [-0.05, 0) is 0 Å². The van der Waals surface area contributed by atoms with Gasteiger partial charge in [-0.2, -0.15) is 32.1 Å². The molecule has 1 heteroatoms. The Balaban J connectivity index is -0.000000150. The summed E-state index contributed by atoms with van der Waals surface area (Å²) in [4.78, 5) is 0.